The summed E-state index contributed by atoms with van der Waals surface area (Å²) in [4.78, 5) is 31.2. The summed E-state index contributed by atoms with van der Waals surface area (Å²) in [6.07, 6.45) is 3.57. The maximum absolute atomic E-state index is 12.6. The third kappa shape index (κ3) is 4.74. The molecule has 0 bridgehead atoms. The van der Waals surface area contributed by atoms with Crippen molar-refractivity contribution in [3.63, 3.8) is 0 Å². The summed E-state index contributed by atoms with van der Waals surface area (Å²) >= 11 is 0. The van der Waals surface area contributed by atoms with Gasteiger partial charge in [-0.3, -0.25) is 14.6 Å². The fraction of sp³-hybridized carbons (Fsp3) is 0.240. The number of rotatable bonds is 5. The second-order valence-electron chi connectivity index (χ2n) is 7.63. The Labute approximate surface area is 176 Å². The molecule has 4 rings (SSSR count). The first-order valence-electron chi connectivity index (χ1n) is 10.3. The smallest absolute Gasteiger partial charge is 0.272 e. The minimum Gasteiger partial charge on any atom is -0.352 e. The number of nitrogens with zero attached hydrogens (tertiary/aromatic N) is 2. The number of benzene rings is 2. The molecule has 5 heteroatoms. The molecule has 1 N–H and O–H groups in total. The quantitative estimate of drug-likeness (QED) is 0.705. The molecule has 0 radical (unpaired) electrons. The second kappa shape index (κ2) is 9.35. The third-order valence-corrected chi connectivity index (χ3v) is 5.50. The van der Waals surface area contributed by atoms with Crippen molar-refractivity contribution in [1.82, 2.24) is 15.2 Å². The molecule has 0 unspecified atom stereocenters. The number of pyridine rings is 1. The number of aromatic nitrogens is 1. The molecule has 152 valence electrons. The molecule has 1 saturated heterocycles. The standard InChI is InChI=1S/C25H25N3O2/c29-24(22-13-11-21(12-14-22)20-8-2-1-3-9-20)27-17-19-7-6-16-28(18-19)25(30)23-10-4-5-15-26-23/h1-5,8-15,19H,6-7,16-18H2,(H,27,29)/t19-/m0/s1. The lowest BCUT2D eigenvalue weighted by Gasteiger charge is -2.32. The van der Waals surface area contributed by atoms with Gasteiger partial charge in [-0.05, 0) is 54.2 Å². The van der Waals surface area contributed by atoms with Crippen LogP contribution in [0.4, 0.5) is 0 Å². The number of carbonyl (C=O) groups is 2. The second-order valence-corrected chi connectivity index (χ2v) is 7.63. The number of amides is 2. The number of hydrogen-bond donors (Lipinski definition) is 1. The van der Waals surface area contributed by atoms with Gasteiger partial charge in [0.05, 0.1) is 0 Å². The van der Waals surface area contributed by atoms with Gasteiger partial charge in [0.15, 0.2) is 0 Å². The van der Waals surface area contributed by atoms with Crippen LogP contribution in [-0.4, -0.2) is 41.3 Å². The van der Waals surface area contributed by atoms with Gasteiger partial charge in [0.25, 0.3) is 11.8 Å². The monoisotopic (exact) mass is 399 g/mol. The Morgan fingerprint density at radius 2 is 1.67 bits per heavy atom. The summed E-state index contributed by atoms with van der Waals surface area (Å²) in [5, 5.41) is 3.03. The Balaban J connectivity index is 1.32. The molecule has 1 aromatic heterocycles. The number of carbonyl (C=O) groups excluding carboxylic acids is 2. The van der Waals surface area contributed by atoms with Gasteiger partial charge in [-0.2, -0.15) is 0 Å². The number of likely N-dealkylation sites (tertiary alicyclic amines) is 1. The van der Waals surface area contributed by atoms with Crippen molar-refractivity contribution in [1.29, 1.82) is 0 Å². The zero-order valence-electron chi connectivity index (χ0n) is 16.8. The molecule has 0 aliphatic carbocycles. The summed E-state index contributed by atoms with van der Waals surface area (Å²) in [5.41, 5.74) is 3.33. The molecule has 5 nitrogen and oxygen atoms in total. The molecular formula is C25H25N3O2. The summed E-state index contributed by atoms with van der Waals surface area (Å²) in [7, 11) is 0. The Kier molecular flexibility index (Phi) is 6.18. The average Bonchev–Trinajstić information content (AvgIpc) is 2.83. The Morgan fingerprint density at radius 1 is 0.933 bits per heavy atom. The predicted octanol–water partition coefficient (Wildman–Crippen LogP) is 4.03. The van der Waals surface area contributed by atoms with E-state index in [1.807, 2.05) is 53.4 Å². The van der Waals surface area contributed by atoms with E-state index in [-0.39, 0.29) is 17.7 Å². The molecule has 1 aliphatic rings. The van der Waals surface area contributed by atoms with Crippen LogP contribution in [0.3, 0.4) is 0 Å². The Bertz CT molecular complexity index is 988. The van der Waals surface area contributed by atoms with Crippen LogP contribution in [-0.2, 0) is 0 Å². The van der Waals surface area contributed by atoms with Gasteiger partial charge < -0.3 is 10.2 Å². The van der Waals surface area contributed by atoms with Crippen molar-refractivity contribution in [2.24, 2.45) is 5.92 Å². The molecule has 0 spiro atoms. The highest BCUT2D eigenvalue weighted by atomic mass is 16.2. The Morgan fingerprint density at radius 3 is 2.40 bits per heavy atom. The summed E-state index contributed by atoms with van der Waals surface area (Å²) < 4.78 is 0. The number of nitrogens with one attached hydrogen (secondary N) is 1. The topological polar surface area (TPSA) is 62.3 Å². The van der Waals surface area contributed by atoms with Gasteiger partial charge in [0, 0.05) is 31.4 Å². The molecule has 0 saturated carbocycles. The van der Waals surface area contributed by atoms with Crippen LogP contribution < -0.4 is 5.32 Å². The summed E-state index contributed by atoms with van der Waals surface area (Å²) in [5.74, 6) is 0.130. The van der Waals surface area contributed by atoms with E-state index in [1.54, 1.807) is 18.3 Å². The van der Waals surface area contributed by atoms with Gasteiger partial charge in [-0.25, -0.2) is 0 Å². The largest absolute Gasteiger partial charge is 0.352 e. The highest BCUT2D eigenvalue weighted by molar-refractivity contribution is 5.94. The highest BCUT2D eigenvalue weighted by Gasteiger charge is 2.25. The lowest BCUT2D eigenvalue weighted by atomic mass is 9.97. The van der Waals surface area contributed by atoms with E-state index in [1.165, 1.54) is 0 Å². The molecule has 3 aromatic rings. The van der Waals surface area contributed by atoms with Crippen LogP contribution in [0.15, 0.2) is 79.0 Å². The maximum Gasteiger partial charge on any atom is 0.272 e. The van der Waals surface area contributed by atoms with Crippen LogP contribution >= 0.6 is 0 Å². The first kappa shape index (κ1) is 19.8. The fourth-order valence-electron chi connectivity index (χ4n) is 3.85. The van der Waals surface area contributed by atoms with Gasteiger partial charge in [0.2, 0.25) is 0 Å². The molecule has 2 aromatic carbocycles. The first-order valence-corrected chi connectivity index (χ1v) is 10.3. The van der Waals surface area contributed by atoms with E-state index in [4.69, 9.17) is 0 Å². The van der Waals surface area contributed by atoms with E-state index in [0.29, 0.717) is 24.3 Å². The number of hydrogen-bond acceptors (Lipinski definition) is 3. The summed E-state index contributed by atoms with van der Waals surface area (Å²) in [6, 6.07) is 23.1. The van der Waals surface area contributed by atoms with E-state index < -0.39 is 0 Å². The first-order chi connectivity index (χ1) is 14.7. The van der Waals surface area contributed by atoms with Crippen molar-refractivity contribution < 1.29 is 9.59 Å². The lowest BCUT2D eigenvalue weighted by molar-refractivity contribution is 0.0665. The van der Waals surface area contributed by atoms with Crippen molar-refractivity contribution >= 4 is 11.8 Å². The van der Waals surface area contributed by atoms with Gasteiger partial charge in [-0.1, -0.05) is 48.5 Å². The van der Waals surface area contributed by atoms with Crippen LogP contribution in [0, 0.1) is 5.92 Å². The zero-order chi connectivity index (χ0) is 20.8. The van der Waals surface area contributed by atoms with Crippen molar-refractivity contribution in [2.45, 2.75) is 12.8 Å². The van der Waals surface area contributed by atoms with Crippen molar-refractivity contribution in [3.05, 3.63) is 90.3 Å². The van der Waals surface area contributed by atoms with E-state index >= 15 is 0 Å². The predicted molar refractivity (Wildman–Crippen MR) is 117 cm³/mol. The van der Waals surface area contributed by atoms with E-state index in [2.05, 4.69) is 22.4 Å². The third-order valence-electron chi connectivity index (χ3n) is 5.50. The summed E-state index contributed by atoms with van der Waals surface area (Å²) in [6.45, 7) is 1.94. The average molecular weight is 399 g/mol. The van der Waals surface area contributed by atoms with Crippen LogP contribution in [0.25, 0.3) is 11.1 Å². The number of piperidine rings is 1. The van der Waals surface area contributed by atoms with Gasteiger partial charge in [0.1, 0.15) is 5.69 Å². The molecule has 30 heavy (non-hydrogen) atoms. The minimum absolute atomic E-state index is 0.0388. The van der Waals surface area contributed by atoms with Crippen LogP contribution in [0.2, 0.25) is 0 Å². The van der Waals surface area contributed by atoms with Crippen LogP contribution in [0.5, 0.6) is 0 Å². The van der Waals surface area contributed by atoms with Crippen LogP contribution in [0.1, 0.15) is 33.7 Å². The highest BCUT2D eigenvalue weighted by Crippen LogP contribution is 2.20. The molecule has 2 amide bonds. The molecule has 2 heterocycles. The van der Waals surface area contributed by atoms with E-state index in [0.717, 1.165) is 30.5 Å². The Hall–Kier alpha value is -3.47. The zero-order valence-corrected chi connectivity index (χ0v) is 16.8. The minimum atomic E-state index is -0.0808. The van der Waals surface area contributed by atoms with Crippen molar-refractivity contribution in [2.75, 3.05) is 19.6 Å². The SMILES string of the molecule is O=C(NC[C@@H]1CCCN(C(=O)c2ccccn2)C1)c1ccc(-c2ccccc2)cc1. The maximum atomic E-state index is 12.6. The fourth-order valence-corrected chi connectivity index (χ4v) is 3.85. The van der Waals surface area contributed by atoms with E-state index in [9.17, 15) is 9.59 Å². The molecule has 1 atom stereocenters. The lowest BCUT2D eigenvalue weighted by Crippen LogP contribution is -2.43. The van der Waals surface area contributed by atoms with Crippen molar-refractivity contribution in [3.8, 4) is 11.1 Å². The normalized spacial score (nSPS) is 16.1. The van der Waals surface area contributed by atoms with Gasteiger partial charge >= 0.3 is 0 Å². The molecule has 1 fully saturated rings. The molecular weight excluding hydrogens is 374 g/mol. The van der Waals surface area contributed by atoms with Gasteiger partial charge in [-0.15, -0.1) is 0 Å². The molecule has 1 aliphatic heterocycles.